The lowest BCUT2D eigenvalue weighted by atomic mass is 10.1. The number of hydrogen-bond donors (Lipinski definition) is 0. The van der Waals surface area contributed by atoms with Gasteiger partial charge in [-0.3, -0.25) is 9.36 Å². The number of amides is 1. The molecule has 1 aliphatic rings. The second-order valence-corrected chi connectivity index (χ2v) is 9.08. The molecule has 1 fully saturated rings. The van der Waals surface area contributed by atoms with Crippen LogP contribution in [0, 0.1) is 13.8 Å². The molecule has 31 heavy (non-hydrogen) atoms. The van der Waals surface area contributed by atoms with E-state index in [1.165, 1.54) is 22.9 Å². The Morgan fingerprint density at radius 3 is 2.71 bits per heavy atom. The minimum atomic E-state index is 0.107. The second-order valence-electron chi connectivity index (χ2n) is 7.70. The van der Waals surface area contributed by atoms with Crippen molar-refractivity contribution in [2.45, 2.75) is 37.9 Å². The third-order valence-corrected chi connectivity index (χ3v) is 6.67. The van der Waals surface area contributed by atoms with Gasteiger partial charge in [0, 0.05) is 31.0 Å². The van der Waals surface area contributed by atoms with Crippen molar-refractivity contribution in [1.29, 1.82) is 0 Å². The highest BCUT2D eigenvalue weighted by Crippen LogP contribution is 2.24. The number of halogens is 1. The molecule has 2 heterocycles. The molecule has 0 radical (unpaired) electrons. The number of aromatic nitrogens is 3. The number of ether oxygens (including phenoxy) is 1. The third-order valence-electron chi connectivity index (χ3n) is 5.50. The molecule has 0 aliphatic carbocycles. The number of piperidine rings is 1. The quantitative estimate of drug-likeness (QED) is 0.503. The number of rotatable bonds is 6. The highest BCUT2D eigenvalue weighted by Gasteiger charge is 2.24. The molecule has 0 unspecified atom stereocenters. The first-order valence-corrected chi connectivity index (χ1v) is 11.7. The molecule has 2 aromatic carbocycles. The van der Waals surface area contributed by atoms with E-state index < -0.39 is 0 Å². The van der Waals surface area contributed by atoms with Crippen molar-refractivity contribution in [1.82, 2.24) is 19.7 Å². The summed E-state index contributed by atoms with van der Waals surface area (Å²) < 4.78 is 7.98. The average molecular weight is 457 g/mol. The Kier molecular flexibility index (Phi) is 6.83. The van der Waals surface area contributed by atoms with E-state index in [-0.39, 0.29) is 12.0 Å². The maximum atomic E-state index is 12.7. The zero-order valence-corrected chi connectivity index (χ0v) is 19.2. The number of aryl methyl sites for hydroxylation is 2. The number of carbonyl (C=O) groups excluding carboxylic acids is 1. The molecule has 0 spiro atoms. The molecule has 1 aliphatic heterocycles. The van der Waals surface area contributed by atoms with Gasteiger partial charge in [-0.15, -0.1) is 10.2 Å². The van der Waals surface area contributed by atoms with Gasteiger partial charge in [-0.1, -0.05) is 35.5 Å². The summed E-state index contributed by atoms with van der Waals surface area (Å²) in [7, 11) is 0. The molecule has 8 heteroatoms. The van der Waals surface area contributed by atoms with Crippen LogP contribution in [0.1, 0.15) is 24.0 Å². The minimum absolute atomic E-state index is 0.107. The summed E-state index contributed by atoms with van der Waals surface area (Å²) in [6, 6.07) is 13.7. The first kappa shape index (κ1) is 21.7. The summed E-state index contributed by atoms with van der Waals surface area (Å²) in [5.74, 6) is 1.33. The van der Waals surface area contributed by atoms with Crippen molar-refractivity contribution in [3.8, 4) is 11.4 Å². The van der Waals surface area contributed by atoms with Crippen LogP contribution in [0.2, 0.25) is 5.02 Å². The summed E-state index contributed by atoms with van der Waals surface area (Å²) in [5, 5.41) is 9.45. The lowest BCUT2D eigenvalue weighted by Crippen LogP contribution is -2.42. The van der Waals surface area contributed by atoms with E-state index in [2.05, 4.69) is 36.2 Å². The van der Waals surface area contributed by atoms with Crippen LogP contribution in [0.5, 0.6) is 5.75 Å². The van der Waals surface area contributed by atoms with Crippen molar-refractivity contribution >= 4 is 29.3 Å². The number of benzene rings is 2. The predicted octanol–water partition coefficient (Wildman–Crippen LogP) is 4.70. The van der Waals surface area contributed by atoms with E-state index >= 15 is 0 Å². The molecule has 0 saturated carbocycles. The molecule has 0 N–H and O–H groups in total. The molecule has 4 rings (SSSR count). The Morgan fingerprint density at radius 2 is 1.97 bits per heavy atom. The van der Waals surface area contributed by atoms with Crippen LogP contribution in [0.3, 0.4) is 0 Å². The van der Waals surface area contributed by atoms with Crippen LogP contribution in [-0.4, -0.2) is 50.5 Å². The van der Waals surface area contributed by atoms with Gasteiger partial charge < -0.3 is 9.64 Å². The van der Waals surface area contributed by atoms with Crippen LogP contribution >= 0.6 is 23.4 Å². The smallest absolute Gasteiger partial charge is 0.233 e. The molecule has 6 nitrogen and oxygen atoms in total. The molecular formula is C23H25ClN4O2S. The molecule has 1 saturated heterocycles. The number of nitrogens with zero attached hydrogens (tertiary/aromatic N) is 4. The standard InChI is InChI=1S/C23H25ClN4O2S/c1-16-6-7-21(12-17(16)2)30-20-8-10-27(11-9-20)22(29)14-31-23-26-25-15-28(23)19-5-3-4-18(24)13-19/h3-7,12-13,15,20H,8-11,14H2,1-2H3. The van der Waals surface area contributed by atoms with E-state index in [9.17, 15) is 4.79 Å². The summed E-state index contributed by atoms with van der Waals surface area (Å²) in [6.07, 6.45) is 3.45. The summed E-state index contributed by atoms with van der Waals surface area (Å²) in [4.78, 5) is 14.6. The maximum Gasteiger partial charge on any atom is 0.233 e. The summed E-state index contributed by atoms with van der Waals surface area (Å²) in [5.41, 5.74) is 3.36. The van der Waals surface area contributed by atoms with Crippen molar-refractivity contribution < 1.29 is 9.53 Å². The minimum Gasteiger partial charge on any atom is -0.490 e. The normalized spacial score (nSPS) is 14.6. The monoisotopic (exact) mass is 456 g/mol. The molecule has 162 valence electrons. The topological polar surface area (TPSA) is 60.2 Å². The molecule has 0 atom stereocenters. The van der Waals surface area contributed by atoms with Gasteiger partial charge in [-0.05, 0) is 55.3 Å². The van der Waals surface area contributed by atoms with E-state index in [1.54, 1.807) is 6.33 Å². The van der Waals surface area contributed by atoms with Gasteiger partial charge in [0.15, 0.2) is 5.16 Å². The van der Waals surface area contributed by atoms with Crippen LogP contribution in [0.15, 0.2) is 53.9 Å². The fraction of sp³-hybridized carbons (Fsp3) is 0.348. The molecule has 0 bridgehead atoms. The Hall–Kier alpha value is -2.51. The molecular weight excluding hydrogens is 432 g/mol. The van der Waals surface area contributed by atoms with Crippen molar-refractivity contribution in [2.75, 3.05) is 18.8 Å². The maximum absolute atomic E-state index is 12.7. The Labute approximate surface area is 191 Å². The highest BCUT2D eigenvalue weighted by molar-refractivity contribution is 7.99. The summed E-state index contributed by atoms with van der Waals surface area (Å²) >= 11 is 7.47. The number of thioether (sulfide) groups is 1. The largest absolute Gasteiger partial charge is 0.490 e. The SMILES string of the molecule is Cc1ccc(OC2CCN(C(=O)CSc3nncn3-c3cccc(Cl)c3)CC2)cc1C. The van der Waals surface area contributed by atoms with E-state index in [1.807, 2.05) is 39.8 Å². The van der Waals surface area contributed by atoms with Crippen molar-refractivity contribution in [3.63, 3.8) is 0 Å². The Bertz CT molecular complexity index is 1060. The van der Waals surface area contributed by atoms with Gasteiger partial charge in [0.05, 0.1) is 11.4 Å². The van der Waals surface area contributed by atoms with Gasteiger partial charge >= 0.3 is 0 Å². The molecule has 1 aromatic heterocycles. The fourth-order valence-corrected chi connectivity index (χ4v) is 4.56. The average Bonchev–Trinajstić information content (AvgIpc) is 3.24. The number of likely N-dealkylation sites (tertiary alicyclic amines) is 1. The molecule has 1 amide bonds. The lowest BCUT2D eigenvalue weighted by Gasteiger charge is -2.32. The lowest BCUT2D eigenvalue weighted by molar-refractivity contribution is -0.130. The van der Waals surface area contributed by atoms with E-state index in [4.69, 9.17) is 16.3 Å². The molecule has 3 aromatic rings. The predicted molar refractivity (Wildman–Crippen MR) is 123 cm³/mol. The Balaban J connectivity index is 1.28. The van der Waals surface area contributed by atoms with Crippen molar-refractivity contribution in [3.05, 3.63) is 64.9 Å². The van der Waals surface area contributed by atoms with Crippen LogP contribution < -0.4 is 4.74 Å². The van der Waals surface area contributed by atoms with E-state index in [0.29, 0.717) is 29.0 Å². The van der Waals surface area contributed by atoms with Gasteiger partial charge in [0.1, 0.15) is 18.2 Å². The van der Waals surface area contributed by atoms with Gasteiger partial charge in [-0.2, -0.15) is 0 Å². The Morgan fingerprint density at radius 1 is 1.16 bits per heavy atom. The first-order chi connectivity index (χ1) is 15.0. The third kappa shape index (κ3) is 5.40. The second kappa shape index (κ2) is 9.75. The highest BCUT2D eigenvalue weighted by atomic mass is 35.5. The van der Waals surface area contributed by atoms with Gasteiger partial charge in [-0.25, -0.2) is 0 Å². The van der Waals surface area contributed by atoms with Gasteiger partial charge in [0.25, 0.3) is 0 Å². The number of carbonyl (C=O) groups is 1. The van der Waals surface area contributed by atoms with Crippen LogP contribution in [-0.2, 0) is 4.79 Å². The zero-order chi connectivity index (χ0) is 21.8. The van der Waals surface area contributed by atoms with E-state index in [0.717, 1.165) is 24.3 Å². The van der Waals surface area contributed by atoms with Crippen LogP contribution in [0.4, 0.5) is 0 Å². The zero-order valence-electron chi connectivity index (χ0n) is 17.6. The van der Waals surface area contributed by atoms with Crippen LogP contribution in [0.25, 0.3) is 5.69 Å². The number of hydrogen-bond acceptors (Lipinski definition) is 5. The fourth-order valence-electron chi connectivity index (χ4n) is 3.55. The first-order valence-electron chi connectivity index (χ1n) is 10.3. The summed E-state index contributed by atoms with van der Waals surface area (Å²) in [6.45, 7) is 5.60. The van der Waals surface area contributed by atoms with Gasteiger partial charge in [0.2, 0.25) is 5.91 Å². The van der Waals surface area contributed by atoms with Crippen molar-refractivity contribution in [2.24, 2.45) is 0 Å².